The molecule has 3 aromatic rings. The average molecular weight is 494 g/mol. The molecular formula is C26H28FN5O4. The number of likely N-dealkylation sites (tertiary alicyclic amines) is 1. The molecule has 2 amide bonds. The van der Waals surface area contributed by atoms with E-state index < -0.39 is 18.2 Å². The van der Waals surface area contributed by atoms with Gasteiger partial charge < -0.3 is 24.7 Å². The Morgan fingerprint density at radius 2 is 1.92 bits per heavy atom. The van der Waals surface area contributed by atoms with Crippen molar-refractivity contribution < 1.29 is 23.5 Å². The summed E-state index contributed by atoms with van der Waals surface area (Å²) < 4.78 is 28.3. The van der Waals surface area contributed by atoms with E-state index in [9.17, 15) is 9.59 Å². The number of benzene rings is 1. The molecule has 3 heterocycles. The maximum absolute atomic E-state index is 15.1. The lowest BCUT2D eigenvalue weighted by Gasteiger charge is -2.34. The molecule has 1 saturated carbocycles. The van der Waals surface area contributed by atoms with E-state index in [4.69, 9.17) is 15.2 Å². The minimum atomic E-state index is -1.44. The largest absolute Gasteiger partial charge is 0.490 e. The van der Waals surface area contributed by atoms with E-state index in [1.54, 1.807) is 23.2 Å². The Morgan fingerprint density at radius 3 is 2.56 bits per heavy atom. The van der Waals surface area contributed by atoms with Crippen molar-refractivity contribution in [3.8, 4) is 22.9 Å². The highest BCUT2D eigenvalue weighted by molar-refractivity contribution is 5.96. The van der Waals surface area contributed by atoms with Gasteiger partial charge in [0.2, 0.25) is 11.8 Å². The second-order valence-electron chi connectivity index (χ2n) is 9.30. The molecular weight excluding hydrogens is 465 g/mol. The van der Waals surface area contributed by atoms with E-state index in [1.807, 2.05) is 31.3 Å². The molecule has 1 aliphatic heterocycles. The van der Waals surface area contributed by atoms with Crippen molar-refractivity contribution in [3.05, 3.63) is 60.2 Å². The summed E-state index contributed by atoms with van der Waals surface area (Å²) in [5.74, 6) is -0.106. The molecule has 1 saturated heterocycles. The molecule has 2 N–H and O–H groups in total. The maximum atomic E-state index is 15.1. The molecule has 0 unspecified atom stereocenters. The lowest BCUT2D eigenvalue weighted by atomic mass is 10.0. The highest BCUT2D eigenvalue weighted by Crippen LogP contribution is 2.28. The second kappa shape index (κ2) is 9.96. The number of rotatable bonds is 8. The van der Waals surface area contributed by atoms with Gasteiger partial charge in [0.05, 0.1) is 31.1 Å². The minimum absolute atomic E-state index is 0.0249. The second-order valence-corrected chi connectivity index (χ2v) is 9.30. The number of piperidine rings is 1. The van der Waals surface area contributed by atoms with E-state index in [-0.39, 0.29) is 36.7 Å². The normalized spacial score (nSPS) is 19.7. The minimum Gasteiger partial charge on any atom is -0.490 e. The first-order chi connectivity index (χ1) is 17.4. The molecule has 2 atom stereocenters. The Morgan fingerprint density at radius 1 is 1.14 bits per heavy atom. The van der Waals surface area contributed by atoms with Gasteiger partial charge in [0, 0.05) is 38.0 Å². The van der Waals surface area contributed by atoms with Gasteiger partial charge in [-0.2, -0.15) is 0 Å². The lowest BCUT2D eigenvalue weighted by Crippen LogP contribution is -2.49. The van der Waals surface area contributed by atoms with Crippen molar-refractivity contribution in [2.24, 2.45) is 12.8 Å². The van der Waals surface area contributed by atoms with Crippen molar-refractivity contribution in [3.63, 3.8) is 0 Å². The van der Waals surface area contributed by atoms with Crippen LogP contribution in [0.3, 0.4) is 0 Å². The number of hydrogen-bond acceptors (Lipinski definition) is 6. The maximum Gasteiger partial charge on any atom is 0.254 e. The monoisotopic (exact) mass is 493 g/mol. The van der Waals surface area contributed by atoms with E-state index >= 15 is 4.39 Å². The van der Waals surface area contributed by atoms with E-state index in [1.165, 1.54) is 11.1 Å². The van der Waals surface area contributed by atoms with Crippen LogP contribution in [0.2, 0.25) is 0 Å². The molecule has 0 radical (unpaired) electrons. The van der Waals surface area contributed by atoms with Gasteiger partial charge in [-0.25, -0.2) is 14.4 Å². The van der Waals surface area contributed by atoms with Crippen LogP contribution in [0.25, 0.3) is 11.3 Å². The first-order valence-electron chi connectivity index (χ1n) is 12.0. The zero-order valence-electron chi connectivity index (χ0n) is 20.0. The van der Waals surface area contributed by atoms with Gasteiger partial charge in [0.25, 0.3) is 5.91 Å². The smallest absolute Gasteiger partial charge is 0.254 e. The molecule has 5 rings (SSSR count). The molecule has 10 heteroatoms. The number of primary amides is 1. The SMILES string of the molecule is Cn1cnc(-c2cnc(O[C@@H]3CCN(C(=O)Cc4ccc(OC5CC5)cc4)C[C@@H]3F)c(C(N)=O)c2)c1. The van der Waals surface area contributed by atoms with Gasteiger partial charge in [0.1, 0.15) is 17.4 Å². The quantitative estimate of drug-likeness (QED) is 0.516. The Labute approximate surface area is 208 Å². The van der Waals surface area contributed by atoms with Crippen molar-refractivity contribution in [2.75, 3.05) is 13.1 Å². The van der Waals surface area contributed by atoms with Crippen molar-refractivity contribution in [1.82, 2.24) is 19.4 Å². The number of halogens is 1. The number of imidazole rings is 1. The summed E-state index contributed by atoms with van der Waals surface area (Å²) in [6.45, 7) is 0.245. The number of ether oxygens (including phenoxy) is 2. The average Bonchev–Trinajstić information content (AvgIpc) is 3.58. The van der Waals surface area contributed by atoms with Gasteiger partial charge in [-0.15, -0.1) is 0 Å². The fourth-order valence-corrected chi connectivity index (χ4v) is 4.16. The molecule has 2 aromatic heterocycles. The number of aromatic nitrogens is 3. The zero-order valence-corrected chi connectivity index (χ0v) is 20.0. The van der Waals surface area contributed by atoms with E-state index in [2.05, 4.69) is 9.97 Å². The van der Waals surface area contributed by atoms with Crippen LogP contribution in [-0.4, -0.2) is 62.7 Å². The molecule has 0 spiro atoms. The summed E-state index contributed by atoms with van der Waals surface area (Å²) >= 11 is 0. The Hall–Kier alpha value is -3.95. The number of alkyl halides is 1. The van der Waals surface area contributed by atoms with Crippen LogP contribution in [0.1, 0.15) is 35.2 Å². The third-order valence-electron chi connectivity index (χ3n) is 6.32. The van der Waals surface area contributed by atoms with Gasteiger partial charge in [-0.3, -0.25) is 9.59 Å². The molecule has 0 bridgehead atoms. The summed E-state index contributed by atoms with van der Waals surface area (Å²) in [5, 5.41) is 0. The molecule has 2 aliphatic rings. The van der Waals surface area contributed by atoms with Crippen LogP contribution < -0.4 is 15.2 Å². The number of pyridine rings is 1. The third kappa shape index (κ3) is 5.48. The number of nitrogens with two attached hydrogens (primary N) is 1. The van der Waals surface area contributed by atoms with Gasteiger partial charge in [0.15, 0.2) is 6.17 Å². The summed E-state index contributed by atoms with van der Waals surface area (Å²) in [5.41, 5.74) is 7.66. The zero-order chi connectivity index (χ0) is 25.2. The fraction of sp³-hybridized carbons (Fsp3) is 0.385. The van der Waals surface area contributed by atoms with Gasteiger partial charge in [-0.05, 0) is 36.6 Å². The molecule has 1 aromatic carbocycles. The summed E-state index contributed by atoms with van der Waals surface area (Å²) in [6, 6.07) is 9.00. The van der Waals surface area contributed by atoms with E-state index in [0.29, 0.717) is 23.9 Å². The first-order valence-corrected chi connectivity index (χ1v) is 12.0. The summed E-state index contributed by atoms with van der Waals surface area (Å²) in [6.07, 6.45) is 5.57. The number of nitrogens with zero attached hydrogens (tertiary/aromatic N) is 4. The molecule has 36 heavy (non-hydrogen) atoms. The van der Waals surface area contributed by atoms with Gasteiger partial charge in [-0.1, -0.05) is 12.1 Å². The van der Waals surface area contributed by atoms with Crippen LogP contribution in [-0.2, 0) is 18.3 Å². The van der Waals surface area contributed by atoms with Crippen molar-refractivity contribution in [2.45, 2.75) is 44.1 Å². The Kier molecular flexibility index (Phi) is 6.58. The summed E-state index contributed by atoms with van der Waals surface area (Å²) in [4.78, 5) is 34.8. The van der Waals surface area contributed by atoms with Crippen LogP contribution in [0.4, 0.5) is 4.39 Å². The fourth-order valence-electron chi connectivity index (χ4n) is 4.16. The molecule has 2 fully saturated rings. The molecule has 1 aliphatic carbocycles. The van der Waals surface area contributed by atoms with Gasteiger partial charge >= 0.3 is 0 Å². The summed E-state index contributed by atoms with van der Waals surface area (Å²) in [7, 11) is 1.83. The lowest BCUT2D eigenvalue weighted by molar-refractivity contribution is -0.134. The van der Waals surface area contributed by atoms with Crippen LogP contribution in [0.15, 0.2) is 49.1 Å². The predicted octanol–water partition coefficient (Wildman–Crippen LogP) is 2.68. The predicted molar refractivity (Wildman–Crippen MR) is 129 cm³/mol. The Bertz CT molecular complexity index is 1260. The highest BCUT2D eigenvalue weighted by Gasteiger charge is 2.34. The number of carbonyl (C=O) groups excluding carboxylic acids is 2. The Balaban J connectivity index is 1.19. The number of hydrogen-bond donors (Lipinski definition) is 1. The molecule has 188 valence electrons. The number of aryl methyl sites for hydroxylation is 1. The van der Waals surface area contributed by atoms with E-state index in [0.717, 1.165) is 24.2 Å². The van der Waals surface area contributed by atoms with Crippen LogP contribution >= 0.6 is 0 Å². The first kappa shape index (κ1) is 23.8. The van der Waals surface area contributed by atoms with Crippen LogP contribution in [0, 0.1) is 0 Å². The number of amides is 2. The molecule has 9 nitrogen and oxygen atoms in total. The van der Waals surface area contributed by atoms with Crippen molar-refractivity contribution in [1.29, 1.82) is 0 Å². The third-order valence-corrected chi connectivity index (χ3v) is 6.32. The van der Waals surface area contributed by atoms with Crippen molar-refractivity contribution >= 4 is 11.8 Å². The van der Waals surface area contributed by atoms with Crippen LogP contribution in [0.5, 0.6) is 11.6 Å². The topological polar surface area (TPSA) is 113 Å². The standard InChI is InChI=1S/C26H28FN5O4/c1-31-14-22(30-15-31)17-11-20(25(28)34)26(29-12-17)36-23-8-9-32(13-21(23)27)24(33)10-16-2-4-18(5-3-16)35-19-6-7-19/h2-5,11-12,14-15,19,21,23H,6-10,13H2,1H3,(H2,28,34)/t21-,23+/m0/s1. The number of carbonyl (C=O) groups is 2. The highest BCUT2D eigenvalue weighted by atomic mass is 19.1.